The number of nitrogens with two attached hydrogens (primary N) is 2. The van der Waals surface area contributed by atoms with Gasteiger partial charge in [0.1, 0.15) is 0 Å². The van der Waals surface area contributed by atoms with E-state index in [-0.39, 0.29) is 5.88 Å². The van der Waals surface area contributed by atoms with Gasteiger partial charge in [-0.05, 0) is 36.8 Å². The van der Waals surface area contributed by atoms with Crippen molar-refractivity contribution < 1.29 is 14.3 Å². The van der Waals surface area contributed by atoms with Crippen LogP contribution in [-0.2, 0) is 0 Å². The lowest BCUT2D eigenvalue weighted by molar-refractivity contribution is 0.1000. The quantitative estimate of drug-likeness (QED) is 0.885. The number of methoxy groups -OCH3 is 1. The van der Waals surface area contributed by atoms with Gasteiger partial charge in [0, 0.05) is 11.8 Å². The molecule has 0 fully saturated rings. The molecule has 0 aliphatic heterocycles. The Hall–Kier alpha value is -2.76. The monoisotopic (exact) mass is 273 g/mol. The molecule has 1 amide bonds. The van der Waals surface area contributed by atoms with E-state index in [9.17, 15) is 4.79 Å². The average molecular weight is 273 g/mol. The summed E-state index contributed by atoms with van der Waals surface area (Å²) in [6, 6.07) is 6.39. The van der Waals surface area contributed by atoms with E-state index < -0.39 is 5.91 Å². The van der Waals surface area contributed by atoms with Crippen LogP contribution in [0.5, 0.6) is 17.4 Å². The SMILES string of the molecule is COc1cc(C(N)=O)ccc1Oc1ncc(C)cc1N. The summed E-state index contributed by atoms with van der Waals surface area (Å²) < 4.78 is 10.8. The van der Waals surface area contributed by atoms with Crippen molar-refractivity contribution in [3.8, 4) is 17.4 Å². The van der Waals surface area contributed by atoms with Crippen LogP contribution in [0, 0.1) is 6.92 Å². The highest BCUT2D eigenvalue weighted by Gasteiger charge is 2.12. The Bertz CT molecular complexity index is 656. The van der Waals surface area contributed by atoms with E-state index in [0.29, 0.717) is 22.7 Å². The first-order valence-corrected chi connectivity index (χ1v) is 5.89. The summed E-state index contributed by atoms with van der Waals surface area (Å²) >= 11 is 0. The molecule has 0 radical (unpaired) electrons. The highest BCUT2D eigenvalue weighted by molar-refractivity contribution is 5.93. The third kappa shape index (κ3) is 2.80. The van der Waals surface area contributed by atoms with Crippen LogP contribution < -0.4 is 20.9 Å². The number of carbonyl (C=O) groups excluding carboxylic acids is 1. The number of amides is 1. The van der Waals surface area contributed by atoms with Crippen molar-refractivity contribution in [2.75, 3.05) is 12.8 Å². The van der Waals surface area contributed by atoms with E-state index in [4.69, 9.17) is 20.9 Å². The average Bonchev–Trinajstić information content (AvgIpc) is 2.42. The van der Waals surface area contributed by atoms with Gasteiger partial charge in [0.05, 0.1) is 12.8 Å². The first-order valence-electron chi connectivity index (χ1n) is 5.89. The van der Waals surface area contributed by atoms with Gasteiger partial charge in [0.2, 0.25) is 11.8 Å². The zero-order chi connectivity index (χ0) is 14.7. The summed E-state index contributed by atoms with van der Waals surface area (Å²) in [6.45, 7) is 1.88. The zero-order valence-electron chi connectivity index (χ0n) is 11.2. The topological polar surface area (TPSA) is 100 Å². The van der Waals surface area contributed by atoms with Gasteiger partial charge < -0.3 is 20.9 Å². The van der Waals surface area contributed by atoms with Gasteiger partial charge in [-0.1, -0.05) is 0 Å². The molecule has 0 atom stereocenters. The van der Waals surface area contributed by atoms with E-state index in [2.05, 4.69) is 4.98 Å². The molecule has 1 heterocycles. The number of pyridine rings is 1. The number of carbonyl (C=O) groups is 1. The summed E-state index contributed by atoms with van der Waals surface area (Å²) in [5, 5.41) is 0. The lowest BCUT2D eigenvalue weighted by Gasteiger charge is -2.12. The Morgan fingerprint density at radius 1 is 1.25 bits per heavy atom. The minimum absolute atomic E-state index is 0.278. The maximum atomic E-state index is 11.1. The van der Waals surface area contributed by atoms with Gasteiger partial charge in [0.15, 0.2) is 11.5 Å². The highest BCUT2D eigenvalue weighted by atomic mass is 16.5. The summed E-state index contributed by atoms with van der Waals surface area (Å²) in [4.78, 5) is 15.2. The smallest absolute Gasteiger partial charge is 0.248 e. The van der Waals surface area contributed by atoms with Crippen LogP contribution >= 0.6 is 0 Å². The van der Waals surface area contributed by atoms with Gasteiger partial charge in [-0.2, -0.15) is 0 Å². The largest absolute Gasteiger partial charge is 0.493 e. The number of primary amides is 1. The highest BCUT2D eigenvalue weighted by Crippen LogP contribution is 2.33. The van der Waals surface area contributed by atoms with Crippen LogP contribution in [0.3, 0.4) is 0 Å². The normalized spacial score (nSPS) is 10.1. The zero-order valence-corrected chi connectivity index (χ0v) is 11.2. The Labute approximate surface area is 116 Å². The number of ether oxygens (including phenoxy) is 2. The molecule has 1 aromatic carbocycles. The van der Waals surface area contributed by atoms with Crippen LogP contribution in [0.25, 0.3) is 0 Å². The van der Waals surface area contributed by atoms with Gasteiger partial charge in [-0.25, -0.2) is 4.98 Å². The minimum Gasteiger partial charge on any atom is -0.493 e. The Balaban J connectivity index is 2.35. The molecule has 0 bridgehead atoms. The molecule has 0 saturated heterocycles. The molecular weight excluding hydrogens is 258 g/mol. The summed E-state index contributed by atoms with van der Waals surface area (Å²) in [7, 11) is 1.47. The molecule has 4 N–H and O–H groups in total. The van der Waals surface area contributed by atoms with E-state index in [0.717, 1.165) is 5.56 Å². The number of benzene rings is 1. The first-order chi connectivity index (χ1) is 9.51. The van der Waals surface area contributed by atoms with Gasteiger partial charge in [-0.3, -0.25) is 4.79 Å². The maximum Gasteiger partial charge on any atom is 0.248 e. The maximum absolute atomic E-state index is 11.1. The molecule has 0 saturated carbocycles. The molecule has 0 unspecified atom stereocenters. The minimum atomic E-state index is -0.539. The molecule has 2 aromatic rings. The van der Waals surface area contributed by atoms with Gasteiger partial charge >= 0.3 is 0 Å². The lowest BCUT2D eigenvalue weighted by Crippen LogP contribution is -2.11. The number of aryl methyl sites for hydroxylation is 1. The molecule has 0 spiro atoms. The summed E-state index contributed by atoms with van der Waals surface area (Å²) in [5.74, 6) is 0.521. The van der Waals surface area contributed by atoms with Crippen molar-refractivity contribution in [3.05, 3.63) is 41.6 Å². The third-order valence-corrected chi connectivity index (χ3v) is 2.67. The van der Waals surface area contributed by atoms with Crippen molar-refractivity contribution in [2.24, 2.45) is 5.73 Å². The van der Waals surface area contributed by atoms with Crippen LogP contribution in [0.4, 0.5) is 5.69 Å². The fourth-order valence-electron chi connectivity index (χ4n) is 1.67. The van der Waals surface area contributed by atoms with Gasteiger partial charge in [-0.15, -0.1) is 0 Å². The first kappa shape index (κ1) is 13.7. The molecule has 0 aliphatic carbocycles. The lowest BCUT2D eigenvalue weighted by atomic mass is 10.2. The van der Waals surface area contributed by atoms with E-state index in [1.165, 1.54) is 13.2 Å². The van der Waals surface area contributed by atoms with Gasteiger partial charge in [0.25, 0.3) is 0 Å². The third-order valence-electron chi connectivity index (χ3n) is 2.67. The number of rotatable bonds is 4. The number of anilines is 1. The summed E-state index contributed by atoms with van der Waals surface area (Å²) in [6.07, 6.45) is 1.65. The van der Waals surface area contributed by atoms with Crippen LogP contribution in [-0.4, -0.2) is 18.0 Å². The number of nitrogens with zero attached hydrogens (tertiary/aromatic N) is 1. The number of hydrogen-bond acceptors (Lipinski definition) is 5. The van der Waals surface area contributed by atoms with E-state index >= 15 is 0 Å². The number of nitrogen functional groups attached to an aromatic ring is 1. The Kier molecular flexibility index (Phi) is 3.74. The molecule has 0 aliphatic rings. The Morgan fingerprint density at radius 2 is 2.00 bits per heavy atom. The van der Waals surface area contributed by atoms with Crippen molar-refractivity contribution >= 4 is 11.6 Å². The van der Waals surface area contributed by atoms with Crippen molar-refractivity contribution in [2.45, 2.75) is 6.92 Å². The fourth-order valence-corrected chi connectivity index (χ4v) is 1.67. The molecule has 6 heteroatoms. The molecule has 2 rings (SSSR count). The molecule has 20 heavy (non-hydrogen) atoms. The van der Waals surface area contributed by atoms with Crippen LogP contribution in [0.1, 0.15) is 15.9 Å². The van der Waals surface area contributed by atoms with Crippen molar-refractivity contribution in [3.63, 3.8) is 0 Å². The van der Waals surface area contributed by atoms with Crippen LogP contribution in [0.15, 0.2) is 30.5 Å². The molecular formula is C14H15N3O3. The number of aromatic nitrogens is 1. The second kappa shape index (κ2) is 5.48. The predicted molar refractivity (Wildman–Crippen MR) is 75.0 cm³/mol. The molecule has 1 aromatic heterocycles. The standard InChI is InChI=1S/C14H15N3O3/c1-8-5-10(15)14(17-7-8)20-11-4-3-9(13(16)18)6-12(11)19-2/h3-7H,15H2,1-2H3,(H2,16,18). The van der Waals surface area contributed by atoms with Crippen molar-refractivity contribution in [1.82, 2.24) is 4.98 Å². The second-order valence-corrected chi connectivity index (χ2v) is 4.24. The van der Waals surface area contributed by atoms with Crippen molar-refractivity contribution in [1.29, 1.82) is 0 Å². The second-order valence-electron chi connectivity index (χ2n) is 4.24. The van der Waals surface area contributed by atoms with E-state index in [1.54, 1.807) is 24.4 Å². The number of hydrogen-bond donors (Lipinski definition) is 2. The summed E-state index contributed by atoms with van der Waals surface area (Å²) in [5.41, 5.74) is 12.7. The predicted octanol–water partition coefficient (Wildman–Crippen LogP) is 1.87. The van der Waals surface area contributed by atoms with E-state index in [1.807, 2.05) is 6.92 Å². The van der Waals surface area contributed by atoms with Crippen LogP contribution in [0.2, 0.25) is 0 Å². The fraction of sp³-hybridized carbons (Fsp3) is 0.143. The molecule has 6 nitrogen and oxygen atoms in total. The Morgan fingerprint density at radius 3 is 2.60 bits per heavy atom. The molecule has 104 valence electrons.